The summed E-state index contributed by atoms with van der Waals surface area (Å²) in [6, 6.07) is 15.6. The molecule has 0 spiro atoms. The van der Waals surface area contributed by atoms with Gasteiger partial charge in [-0.1, -0.05) is 6.07 Å². The number of methoxy groups -OCH3 is 1. The summed E-state index contributed by atoms with van der Waals surface area (Å²) in [7, 11) is 1.52. The Morgan fingerprint density at radius 2 is 1.96 bits per heavy atom. The number of nitrogen functional groups attached to an aromatic ring is 1. The van der Waals surface area contributed by atoms with Gasteiger partial charge in [-0.05, 0) is 48.0 Å². The van der Waals surface area contributed by atoms with Crippen LogP contribution < -0.4 is 15.8 Å². The smallest absolute Gasteiger partial charge is 0.130 e. The van der Waals surface area contributed by atoms with Gasteiger partial charge < -0.3 is 15.8 Å². The molecule has 23 heavy (non-hydrogen) atoms. The molecule has 0 atom stereocenters. The molecule has 2 aromatic carbocycles. The minimum atomic E-state index is -0.335. The van der Waals surface area contributed by atoms with Gasteiger partial charge in [0.2, 0.25) is 0 Å². The van der Waals surface area contributed by atoms with Crippen molar-refractivity contribution in [2.24, 2.45) is 0 Å². The van der Waals surface area contributed by atoms with Crippen LogP contribution in [0.4, 0.5) is 21.6 Å². The third-order valence-corrected chi connectivity index (χ3v) is 3.39. The van der Waals surface area contributed by atoms with Crippen molar-refractivity contribution < 1.29 is 9.13 Å². The van der Waals surface area contributed by atoms with Gasteiger partial charge in [-0.3, -0.25) is 0 Å². The second kappa shape index (κ2) is 6.36. The van der Waals surface area contributed by atoms with E-state index in [0.717, 1.165) is 16.8 Å². The largest absolute Gasteiger partial charge is 0.496 e. The number of anilines is 3. The third kappa shape index (κ3) is 3.40. The van der Waals surface area contributed by atoms with Crippen LogP contribution >= 0.6 is 0 Å². The Morgan fingerprint density at radius 3 is 2.74 bits per heavy atom. The SMILES string of the molecule is COc1cc(F)ccc1-c1ccnc(Nc2cccc(N)c2)c1. The average molecular weight is 309 g/mol. The Kier molecular flexibility index (Phi) is 4.10. The number of ether oxygens (including phenoxy) is 1. The predicted molar refractivity (Wildman–Crippen MR) is 90.3 cm³/mol. The van der Waals surface area contributed by atoms with Gasteiger partial charge in [-0.25, -0.2) is 9.37 Å². The van der Waals surface area contributed by atoms with Crippen molar-refractivity contribution in [2.45, 2.75) is 0 Å². The predicted octanol–water partition coefficient (Wildman–Crippen LogP) is 4.22. The highest BCUT2D eigenvalue weighted by atomic mass is 19.1. The first-order chi connectivity index (χ1) is 11.2. The fourth-order valence-electron chi connectivity index (χ4n) is 2.33. The summed E-state index contributed by atoms with van der Waals surface area (Å²) in [5, 5.41) is 3.20. The number of hydrogen-bond donors (Lipinski definition) is 2. The van der Waals surface area contributed by atoms with E-state index >= 15 is 0 Å². The van der Waals surface area contributed by atoms with E-state index in [9.17, 15) is 4.39 Å². The number of halogens is 1. The van der Waals surface area contributed by atoms with Gasteiger partial charge in [0, 0.05) is 29.2 Å². The molecule has 4 nitrogen and oxygen atoms in total. The minimum absolute atomic E-state index is 0.335. The summed E-state index contributed by atoms with van der Waals surface area (Å²) in [5.74, 6) is 0.809. The molecule has 3 aromatic rings. The summed E-state index contributed by atoms with van der Waals surface area (Å²) < 4.78 is 18.6. The van der Waals surface area contributed by atoms with Crippen LogP contribution in [0.5, 0.6) is 5.75 Å². The lowest BCUT2D eigenvalue weighted by Gasteiger charge is -2.11. The van der Waals surface area contributed by atoms with Gasteiger partial charge in [0.15, 0.2) is 0 Å². The minimum Gasteiger partial charge on any atom is -0.496 e. The highest BCUT2D eigenvalue weighted by Crippen LogP contribution is 2.31. The fraction of sp³-hybridized carbons (Fsp3) is 0.0556. The van der Waals surface area contributed by atoms with E-state index in [2.05, 4.69) is 10.3 Å². The fourth-order valence-corrected chi connectivity index (χ4v) is 2.33. The number of nitrogens with two attached hydrogens (primary N) is 1. The number of nitrogens with one attached hydrogen (secondary N) is 1. The molecule has 0 aliphatic rings. The molecule has 0 aliphatic carbocycles. The lowest BCUT2D eigenvalue weighted by atomic mass is 10.1. The Balaban J connectivity index is 1.94. The summed E-state index contributed by atoms with van der Waals surface area (Å²) >= 11 is 0. The number of pyridine rings is 1. The lowest BCUT2D eigenvalue weighted by Crippen LogP contribution is -1.95. The second-order valence-corrected chi connectivity index (χ2v) is 5.02. The lowest BCUT2D eigenvalue weighted by molar-refractivity contribution is 0.413. The summed E-state index contributed by atoms with van der Waals surface area (Å²) in [4.78, 5) is 4.30. The molecule has 0 amide bonds. The summed E-state index contributed by atoms with van der Waals surface area (Å²) in [6.45, 7) is 0. The molecule has 0 aliphatic heterocycles. The van der Waals surface area contributed by atoms with Crippen molar-refractivity contribution in [2.75, 3.05) is 18.2 Å². The summed E-state index contributed by atoms with van der Waals surface area (Å²) in [5.41, 5.74) is 8.97. The van der Waals surface area contributed by atoms with Gasteiger partial charge in [0.05, 0.1) is 7.11 Å². The zero-order chi connectivity index (χ0) is 16.2. The first-order valence-electron chi connectivity index (χ1n) is 7.08. The summed E-state index contributed by atoms with van der Waals surface area (Å²) in [6.07, 6.45) is 1.69. The molecule has 1 heterocycles. The Bertz CT molecular complexity index is 836. The normalized spacial score (nSPS) is 10.3. The molecule has 0 bridgehead atoms. The Morgan fingerprint density at radius 1 is 1.09 bits per heavy atom. The zero-order valence-corrected chi connectivity index (χ0v) is 12.6. The van der Waals surface area contributed by atoms with E-state index in [1.165, 1.54) is 19.2 Å². The van der Waals surface area contributed by atoms with Crippen LogP contribution in [0.3, 0.4) is 0 Å². The van der Waals surface area contributed by atoms with E-state index in [-0.39, 0.29) is 5.82 Å². The van der Waals surface area contributed by atoms with E-state index in [1.807, 2.05) is 36.4 Å². The van der Waals surface area contributed by atoms with Crippen molar-refractivity contribution in [3.05, 3.63) is 66.6 Å². The van der Waals surface area contributed by atoms with E-state index in [1.54, 1.807) is 12.3 Å². The molecular weight excluding hydrogens is 293 g/mol. The molecule has 3 N–H and O–H groups in total. The van der Waals surface area contributed by atoms with Gasteiger partial charge in [0.25, 0.3) is 0 Å². The highest BCUT2D eigenvalue weighted by Gasteiger charge is 2.08. The Labute approximate surface area is 133 Å². The van der Waals surface area contributed by atoms with Crippen LogP contribution in [0.2, 0.25) is 0 Å². The number of rotatable bonds is 4. The molecule has 3 rings (SSSR count). The third-order valence-electron chi connectivity index (χ3n) is 3.39. The monoisotopic (exact) mass is 309 g/mol. The maximum absolute atomic E-state index is 13.3. The number of hydrogen-bond acceptors (Lipinski definition) is 4. The first-order valence-corrected chi connectivity index (χ1v) is 7.08. The van der Waals surface area contributed by atoms with Crippen molar-refractivity contribution >= 4 is 17.2 Å². The van der Waals surface area contributed by atoms with E-state index in [0.29, 0.717) is 17.3 Å². The highest BCUT2D eigenvalue weighted by molar-refractivity contribution is 5.73. The number of nitrogens with zero attached hydrogens (tertiary/aromatic N) is 1. The van der Waals surface area contributed by atoms with Gasteiger partial charge >= 0.3 is 0 Å². The molecule has 0 unspecified atom stereocenters. The van der Waals surface area contributed by atoms with Crippen LogP contribution in [-0.2, 0) is 0 Å². The molecule has 116 valence electrons. The molecule has 1 aromatic heterocycles. The quantitative estimate of drug-likeness (QED) is 0.708. The second-order valence-electron chi connectivity index (χ2n) is 5.02. The molecule has 0 fully saturated rings. The van der Waals surface area contributed by atoms with Crippen molar-refractivity contribution in [3.8, 4) is 16.9 Å². The van der Waals surface area contributed by atoms with Crippen LogP contribution in [0.15, 0.2) is 60.8 Å². The number of aromatic nitrogens is 1. The first kappa shape index (κ1) is 14.8. The zero-order valence-electron chi connectivity index (χ0n) is 12.6. The standard InChI is InChI=1S/C18H16FN3O/c1-23-17-10-13(19)5-6-16(17)12-7-8-21-18(9-12)22-15-4-2-3-14(20)11-15/h2-11H,20H2,1H3,(H,21,22). The van der Waals surface area contributed by atoms with Gasteiger partial charge in [0.1, 0.15) is 17.4 Å². The Hall–Kier alpha value is -3.08. The van der Waals surface area contributed by atoms with Crippen LogP contribution in [0.25, 0.3) is 11.1 Å². The topological polar surface area (TPSA) is 60.2 Å². The van der Waals surface area contributed by atoms with Crippen LogP contribution in [0, 0.1) is 5.82 Å². The average Bonchev–Trinajstić information content (AvgIpc) is 2.55. The molecule has 5 heteroatoms. The maximum Gasteiger partial charge on any atom is 0.130 e. The van der Waals surface area contributed by atoms with Crippen molar-refractivity contribution in [1.82, 2.24) is 4.98 Å². The van der Waals surface area contributed by atoms with Crippen molar-refractivity contribution in [3.63, 3.8) is 0 Å². The van der Waals surface area contributed by atoms with Gasteiger partial charge in [-0.2, -0.15) is 0 Å². The maximum atomic E-state index is 13.3. The van der Waals surface area contributed by atoms with Gasteiger partial charge in [-0.15, -0.1) is 0 Å². The molecule has 0 saturated carbocycles. The molecule has 0 saturated heterocycles. The van der Waals surface area contributed by atoms with E-state index < -0.39 is 0 Å². The van der Waals surface area contributed by atoms with Crippen LogP contribution in [0.1, 0.15) is 0 Å². The van der Waals surface area contributed by atoms with Crippen LogP contribution in [-0.4, -0.2) is 12.1 Å². The van der Waals surface area contributed by atoms with E-state index in [4.69, 9.17) is 10.5 Å². The number of benzene rings is 2. The molecular formula is C18H16FN3O. The van der Waals surface area contributed by atoms with Crippen molar-refractivity contribution in [1.29, 1.82) is 0 Å². The molecule has 0 radical (unpaired) electrons.